The molecule has 1 N–H and O–H groups in total. The van der Waals surface area contributed by atoms with Gasteiger partial charge >= 0.3 is 5.97 Å². The summed E-state index contributed by atoms with van der Waals surface area (Å²) in [4.78, 5) is 26.5. The molecular weight excluding hydrogens is 280 g/mol. The van der Waals surface area contributed by atoms with Gasteiger partial charge in [-0.1, -0.05) is 11.6 Å². The minimum Gasteiger partial charge on any atom is -0.480 e. The fourth-order valence-electron chi connectivity index (χ4n) is 1.78. The normalized spacial score (nSPS) is 10.7. The number of likely N-dealkylation sites (N-methyl/N-ethyl adjacent to an activating group) is 1. The van der Waals surface area contributed by atoms with Gasteiger partial charge in [-0.3, -0.25) is 9.59 Å². The van der Waals surface area contributed by atoms with E-state index < -0.39 is 5.97 Å². The van der Waals surface area contributed by atoms with Gasteiger partial charge in [0.05, 0.1) is 0 Å². The van der Waals surface area contributed by atoms with E-state index in [0.29, 0.717) is 23.7 Å². The van der Waals surface area contributed by atoms with Gasteiger partial charge in [0, 0.05) is 23.7 Å². The van der Waals surface area contributed by atoms with Crippen LogP contribution in [0, 0.1) is 6.92 Å². The van der Waals surface area contributed by atoms with Crippen molar-refractivity contribution in [2.45, 2.75) is 6.92 Å². The number of hydrogen-bond acceptors (Lipinski definition) is 3. The van der Waals surface area contributed by atoms with E-state index in [0.717, 1.165) is 5.56 Å². The molecule has 1 aromatic rings. The summed E-state index contributed by atoms with van der Waals surface area (Å²) >= 11 is 5.94. The number of carboxylic acids is 1. The maximum atomic E-state index is 12.4. The second kappa shape index (κ2) is 7.26. The van der Waals surface area contributed by atoms with E-state index in [1.54, 1.807) is 18.2 Å². The minimum absolute atomic E-state index is 0.320. The van der Waals surface area contributed by atoms with Gasteiger partial charge in [-0.2, -0.15) is 0 Å². The Morgan fingerprint density at radius 3 is 2.35 bits per heavy atom. The summed E-state index contributed by atoms with van der Waals surface area (Å²) in [5, 5.41) is 9.39. The summed E-state index contributed by atoms with van der Waals surface area (Å²) < 4.78 is 0. The highest BCUT2D eigenvalue weighted by atomic mass is 35.5. The van der Waals surface area contributed by atoms with Crippen molar-refractivity contribution in [2.24, 2.45) is 0 Å². The standard InChI is InChI=1S/C14H19ClN2O3/c1-10-6-11(8-12(15)7-10)14(20)17(9-13(18)19)5-4-16(2)3/h6-8H,4-5,9H2,1-3H3,(H,18,19). The molecule has 0 saturated carbocycles. The highest BCUT2D eigenvalue weighted by Crippen LogP contribution is 2.16. The zero-order valence-electron chi connectivity index (χ0n) is 11.9. The van der Waals surface area contributed by atoms with Gasteiger partial charge in [0.15, 0.2) is 0 Å². The van der Waals surface area contributed by atoms with Gasteiger partial charge < -0.3 is 14.9 Å². The third kappa shape index (κ3) is 5.19. The number of benzene rings is 1. The molecule has 0 fully saturated rings. The van der Waals surface area contributed by atoms with Crippen LogP contribution < -0.4 is 0 Å². The highest BCUT2D eigenvalue weighted by molar-refractivity contribution is 6.31. The maximum absolute atomic E-state index is 12.4. The summed E-state index contributed by atoms with van der Waals surface area (Å²) in [6.45, 7) is 2.46. The lowest BCUT2D eigenvalue weighted by atomic mass is 10.1. The number of aryl methyl sites for hydroxylation is 1. The fourth-order valence-corrected chi connectivity index (χ4v) is 2.07. The first-order valence-electron chi connectivity index (χ1n) is 6.22. The quantitative estimate of drug-likeness (QED) is 0.869. The Morgan fingerprint density at radius 1 is 1.20 bits per heavy atom. The van der Waals surface area contributed by atoms with Crippen molar-refractivity contribution in [1.82, 2.24) is 9.80 Å². The fraction of sp³-hybridized carbons (Fsp3) is 0.429. The molecule has 0 atom stereocenters. The molecule has 110 valence electrons. The second-order valence-corrected chi connectivity index (χ2v) is 5.38. The van der Waals surface area contributed by atoms with Crippen molar-refractivity contribution in [3.63, 3.8) is 0 Å². The van der Waals surface area contributed by atoms with Crippen molar-refractivity contribution in [2.75, 3.05) is 33.7 Å². The lowest BCUT2D eigenvalue weighted by Gasteiger charge is -2.23. The first-order valence-corrected chi connectivity index (χ1v) is 6.60. The zero-order valence-corrected chi connectivity index (χ0v) is 12.6. The topological polar surface area (TPSA) is 60.9 Å². The summed E-state index contributed by atoms with van der Waals surface area (Å²) in [6, 6.07) is 5.01. The van der Waals surface area contributed by atoms with E-state index in [4.69, 9.17) is 16.7 Å². The van der Waals surface area contributed by atoms with Gasteiger partial charge in [0.25, 0.3) is 5.91 Å². The first kappa shape index (κ1) is 16.5. The Bertz CT molecular complexity index is 483. The number of aliphatic carboxylic acids is 1. The first-order chi connectivity index (χ1) is 9.29. The van der Waals surface area contributed by atoms with Crippen molar-refractivity contribution in [3.05, 3.63) is 34.3 Å². The van der Waals surface area contributed by atoms with Crippen LogP contribution in [-0.2, 0) is 4.79 Å². The monoisotopic (exact) mass is 298 g/mol. The molecule has 0 aromatic heterocycles. The van der Waals surface area contributed by atoms with Crippen LogP contribution in [-0.4, -0.2) is 60.5 Å². The number of carbonyl (C=O) groups is 2. The molecule has 0 spiro atoms. The third-order valence-corrected chi connectivity index (χ3v) is 2.94. The molecule has 0 aliphatic rings. The van der Waals surface area contributed by atoms with Gasteiger partial charge in [-0.05, 0) is 44.8 Å². The molecule has 0 heterocycles. The van der Waals surface area contributed by atoms with Gasteiger partial charge in [-0.15, -0.1) is 0 Å². The number of amides is 1. The second-order valence-electron chi connectivity index (χ2n) is 4.94. The Hall–Kier alpha value is -1.59. The summed E-state index contributed by atoms with van der Waals surface area (Å²) in [6.07, 6.45) is 0. The van der Waals surface area contributed by atoms with Crippen molar-refractivity contribution in [1.29, 1.82) is 0 Å². The average Bonchev–Trinajstić information content (AvgIpc) is 2.31. The summed E-state index contributed by atoms with van der Waals surface area (Å²) in [5.74, 6) is -1.35. The number of carboxylic acid groups (broad SMARTS) is 1. The molecule has 0 radical (unpaired) electrons. The van der Waals surface area contributed by atoms with E-state index in [2.05, 4.69) is 0 Å². The number of carbonyl (C=O) groups excluding carboxylic acids is 1. The highest BCUT2D eigenvalue weighted by Gasteiger charge is 2.19. The van der Waals surface area contributed by atoms with Crippen molar-refractivity contribution in [3.8, 4) is 0 Å². The van der Waals surface area contributed by atoms with E-state index in [-0.39, 0.29) is 12.5 Å². The average molecular weight is 299 g/mol. The maximum Gasteiger partial charge on any atom is 0.323 e. The molecule has 1 amide bonds. The predicted octanol–water partition coefficient (Wildman–Crippen LogP) is 1.74. The van der Waals surface area contributed by atoms with Crippen LogP contribution in [0.2, 0.25) is 5.02 Å². The van der Waals surface area contributed by atoms with Crippen LogP contribution in [0.4, 0.5) is 0 Å². The molecule has 6 heteroatoms. The van der Waals surface area contributed by atoms with E-state index in [9.17, 15) is 9.59 Å². The Balaban J connectivity index is 2.93. The number of rotatable bonds is 6. The lowest BCUT2D eigenvalue weighted by molar-refractivity contribution is -0.137. The molecule has 5 nitrogen and oxygen atoms in total. The third-order valence-electron chi connectivity index (χ3n) is 2.72. The molecule has 0 saturated heterocycles. The van der Waals surface area contributed by atoms with Crippen LogP contribution in [0.1, 0.15) is 15.9 Å². The molecule has 20 heavy (non-hydrogen) atoms. The smallest absolute Gasteiger partial charge is 0.323 e. The van der Waals surface area contributed by atoms with Crippen LogP contribution in [0.5, 0.6) is 0 Å². The Kier molecular flexibility index (Phi) is 5.98. The lowest BCUT2D eigenvalue weighted by Crippen LogP contribution is -2.40. The molecule has 1 rings (SSSR count). The largest absolute Gasteiger partial charge is 0.480 e. The number of hydrogen-bond donors (Lipinski definition) is 1. The van der Waals surface area contributed by atoms with Crippen molar-refractivity contribution < 1.29 is 14.7 Å². The summed E-state index contributed by atoms with van der Waals surface area (Å²) in [5.41, 5.74) is 1.28. The summed E-state index contributed by atoms with van der Waals surface area (Å²) in [7, 11) is 3.74. The molecule has 0 aliphatic carbocycles. The SMILES string of the molecule is Cc1cc(Cl)cc(C(=O)N(CCN(C)C)CC(=O)O)c1. The minimum atomic E-state index is -1.03. The van der Waals surface area contributed by atoms with Gasteiger partial charge in [0.2, 0.25) is 0 Å². The zero-order chi connectivity index (χ0) is 15.3. The van der Waals surface area contributed by atoms with E-state index >= 15 is 0 Å². The van der Waals surface area contributed by atoms with Crippen molar-refractivity contribution >= 4 is 23.5 Å². The molecule has 0 aliphatic heterocycles. The molecular formula is C14H19ClN2O3. The predicted molar refractivity (Wildman–Crippen MR) is 78.3 cm³/mol. The van der Waals surface area contributed by atoms with Crippen LogP contribution in [0.3, 0.4) is 0 Å². The van der Waals surface area contributed by atoms with Gasteiger partial charge in [-0.25, -0.2) is 0 Å². The van der Waals surface area contributed by atoms with Gasteiger partial charge in [0.1, 0.15) is 6.54 Å². The molecule has 0 bridgehead atoms. The Labute approximate surface area is 123 Å². The van der Waals surface area contributed by atoms with E-state index in [1.165, 1.54) is 4.90 Å². The van der Waals surface area contributed by atoms with Crippen LogP contribution in [0.25, 0.3) is 0 Å². The van der Waals surface area contributed by atoms with Crippen LogP contribution in [0.15, 0.2) is 18.2 Å². The molecule has 1 aromatic carbocycles. The molecule has 0 unspecified atom stereocenters. The van der Waals surface area contributed by atoms with Crippen LogP contribution >= 0.6 is 11.6 Å². The number of nitrogens with zero attached hydrogens (tertiary/aromatic N) is 2. The van der Waals surface area contributed by atoms with E-state index in [1.807, 2.05) is 25.9 Å². The number of halogens is 1. The Morgan fingerprint density at radius 2 is 1.85 bits per heavy atom.